The van der Waals surface area contributed by atoms with E-state index in [2.05, 4.69) is 4.98 Å². The number of carbonyl (C=O) groups is 1. The van der Waals surface area contributed by atoms with E-state index in [-0.39, 0.29) is 27.2 Å². The predicted octanol–water partition coefficient (Wildman–Crippen LogP) is 5.14. The highest BCUT2D eigenvalue weighted by molar-refractivity contribution is 6.31. The predicted molar refractivity (Wildman–Crippen MR) is 88.9 cm³/mol. The Morgan fingerprint density at radius 3 is 2.71 bits per heavy atom. The van der Waals surface area contributed by atoms with Gasteiger partial charge in [-0.25, -0.2) is 14.2 Å². The number of rotatable bonds is 2. The van der Waals surface area contributed by atoms with Crippen LogP contribution in [0.15, 0.2) is 52.9 Å². The number of hydrogen-bond acceptors (Lipinski definition) is 3. The van der Waals surface area contributed by atoms with Crippen molar-refractivity contribution in [2.24, 2.45) is 0 Å². The maximum atomic E-state index is 14.2. The normalized spacial score (nSPS) is 11.2. The molecule has 0 fully saturated rings. The molecule has 6 heteroatoms. The van der Waals surface area contributed by atoms with Gasteiger partial charge in [-0.2, -0.15) is 0 Å². The number of furan rings is 1. The maximum Gasteiger partial charge on any atom is 0.336 e. The smallest absolute Gasteiger partial charge is 0.336 e. The largest absolute Gasteiger partial charge is 0.478 e. The van der Waals surface area contributed by atoms with Gasteiger partial charge in [0, 0.05) is 15.8 Å². The molecule has 0 atom stereocenters. The van der Waals surface area contributed by atoms with E-state index in [1.54, 1.807) is 12.1 Å². The number of aromatic nitrogens is 1. The Balaban J connectivity index is 2.04. The second-order valence-corrected chi connectivity index (χ2v) is 5.73. The van der Waals surface area contributed by atoms with Crippen LogP contribution in [-0.4, -0.2) is 16.1 Å². The highest BCUT2D eigenvalue weighted by atomic mass is 35.5. The molecule has 0 aliphatic rings. The quantitative estimate of drug-likeness (QED) is 0.548. The van der Waals surface area contributed by atoms with E-state index in [0.717, 1.165) is 11.5 Å². The molecule has 2 heterocycles. The van der Waals surface area contributed by atoms with E-state index in [0.29, 0.717) is 11.3 Å². The Morgan fingerprint density at radius 2 is 1.96 bits per heavy atom. The van der Waals surface area contributed by atoms with Gasteiger partial charge in [-0.3, -0.25) is 0 Å². The fourth-order valence-electron chi connectivity index (χ4n) is 2.66. The molecule has 2 aromatic carbocycles. The molecule has 0 radical (unpaired) electrons. The van der Waals surface area contributed by atoms with Crippen LogP contribution in [0, 0.1) is 5.82 Å². The standard InChI is InChI=1S/C18H9ClFNO3/c19-10-6-11-12(18(22)23)8-14(21-17(11)13(20)7-10)16-5-9-3-1-2-4-15(9)24-16/h1-8H,(H,22,23). The van der Waals surface area contributed by atoms with Crippen LogP contribution in [-0.2, 0) is 0 Å². The van der Waals surface area contributed by atoms with Gasteiger partial charge in [0.2, 0.25) is 0 Å². The van der Waals surface area contributed by atoms with Crippen molar-refractivity contribution in [1.29, 1.82) is 0 Å². The van der Waals surface area contributed by atoms with E-state index >= 15 is 0 Å². The molecule has 4 rings (SSSR count). The number of pyridine rings is 1. The molecule has 0 unspecified atom stereocenters. The fourth-order valence-corrected chi connectivity index (χ4v) is 2.87. The molecule has 0 aliphatic heterocycles. The maximum absolute atomic E-state index is 14.2. The summed E-state index contributed by atoms with van der Waals surface area (Å²) >= 11 is 5.83. The number of benzene rings is 2. The van der Waals surface area contributed by atoms with Crippen LogP contribution in [0.4, 0.5) is 4.39 Å². The third-order valence-corrected chi connectivity index (χ3v) is 3.96. The number of carboxylic acids is 1. The summed E-state index contributed by atoms with van der Waals surface area (Å²) in [4.78, 5) is 15.8. The first kappa shape index (κ1) is 14.7. The highest BCUT2D eigenvalue weighted by Gasteiger charge is 2.18. The van der Waals surface area contributed by atoms with Crippen molar-refractivity contribution in [3.05, 3.63) is 64.9 Å². The minimum absolute atomic E-state index is 0.0604. The zero-order valence-electron chi connectivity index (χ0n) is 12.1. The van der Waals surface area contributed by atoms with Crippen LogP contribution in [0.2, 0.25) is 5.02 Å². The molecule has 0 bridgehead atoms. The molecule has 0 amide bonds. The van der Waals surface area contributed by atoms with Gasteiger partial charge in [0.05, 0.1) is 5.56 Å². The van der Waals surface area contributed by atoms with Crippen LogP contribution in [0.1, 0.15) is 10.4 Å². The van der Waals surface area contributed by atoms with Crippen LogP contribution in [0.25, 0.3) is 33.3 Å². The van der Waals surface area contributed by atoms with E-state index in [4.69, 9.17) is 16.0 Å². The van der Waals surface area contributed by atoms with Crippen molar-refractivity contribution < 1.29 is 18.7 Å². The summed E-state index contributed by atoms with van der Waals surface area (Å²) in [6.45, 7) is 0. The van der Waals surface area contributed by atoms with Gasteiger partial charge in [0.15, 0.2) is 11.6 Å². The second kappa shape index (κ2) is 5.32. The van der Waals surface area contributed by atoms with Gasteiger partial charge in [-0.1, -0.05) is 29.8 Å². The Labute approximate surface area is 140 Å². The molecule has 0 spiro atoms. The van der Waals surface area contributed by atoms with Gasteiger partial charge in [-0.05, 0) is 30.3 Å². The van der Waals surface area contributed by atoms with Crippen molar-refractivity contribution in [2.45, 2.75) is 0 Å². The molecule has 4 nitrogen and oxygen atoms in total. The first-order chi connectivity index (χ1) is 11.5. The molecular weight excluding hydrogens is 333 g/mol. The van der Waals surface area contributed by atoms with E-state index in [1.165, 1.54) is 12.1 Å². The second-order valence-electron chi connectivity index (χ2n) is 5.29. The topological polar surface area (TPSA) is 63.3 Å². The van der Waals surface area contributed by atoms with Crippen molar-refractivity contribution in [2.75, 3.05) is 0 Å². The summed E-state index contributed by atoms with van der Waals surface area (Å²) < 4.78 is 19.9. The third kappa shape index (κ3) is 2.30. The fraction of sp³-hybridized carbons (Fsp3) is 0. The summed E-state index contributed by atoms with van der Waals surface area (Å²) in [5, 5.41) is 10.6. The molecule has 24 heavy (non-hydrogen) atoms. The zero-order chi connectivity index (χ0) is 16.8. The number of halogens is 2. The first-order valence-corrected chi connectivity index (χ1v) is 7.43. The summed E-state index contributed by atoms with van der Waals surface area (Å²) in [6, 6.07) is 12.9. The van der Waals surface area contributed by atoms with Crippen LogP contribution >= 0.6 is 11.6 Å². The summed E-state index contributed by atoms with van der Waals surface area (Å²) in [7, 11) is 0. The van der Waals surface area contributed by atoms with E-state index in [9.17, 15) is 14.3 Å². The lowest BCUT2D eigenvalue weighted by Crippen LogP contribution is -2.01. The summed E-state index contributed by atoms with van der Waals surface area (Å²) in [6.07, 6.45) is 0. The first-order valence-electron chi connectivity index (χ1n) is 7.05. The molecule has 0 saturated carbocycles. The number of nitrogens with zero attached hydrogens (tertiary/aromatic N) is 1. The Morgan fingerprint density at radius 1 is 1.17 bits per heavy atom. The zero-order valence-corrected chi connectivity index (χ0v) is 12.8. The Bertz CT molecular complexity index is 1090. The molecule has 118 valence electrons. The van der Waals surface area contributed by atoms with Crippen LogP contribution in [0.3, 0.4) is 0 Å². The van der Waals surface area contributed by atoms with Crippen molar-refractivity contribution in [1.82, 2.24) is 4.98 Å². The average Bonchev–Trinajstić information content (AvgIpc) is 2.98. The van der Waals surface area contributed by atoms with Gasteiger partial charge in [0.1, 0.15) is 16.8 Å². The number of para-hydroxylation sites is 1. The number of carboxylic acid groups (broad SMARTS) is 1. The molecule has 4 aromatic rings. The minimum Gasteiger partial charge on any atom is -0.478 e. The van der Waals surface area contributed by atoms with E-state index in [1.807, 2.05) is 18.2 Å². The molecule has 2 aromatic heterocycles. The number of aromatic carboxylic acids is 1. The molecular formula is C18H9ClFNO3. The van der Waals surface area contributed by atoms with E-state index < -0.39 is 11.8 Å². The minimum atomic E-state index is -1.19. The highest BCUT2D eigenvalue weighted by Crippen LogP contribution is 2.31. The van der Waals surface area contributed by atoms with Gasteiger partial charge in [-0.15, -0.1) is 0 Å². The summed E-state index contributed by atoms with van der Waals surface area (Å²) in [5.41, 5.74) is 0.742. The lowest BCUT2D eigenvalue weighted by Gasteiger charge is -2.07. The molecule has 0 aliphatic carbocycles. The lowest BCUT2D eigenvalue weighted by atomic mass is 10.1. The molecule has 1 N–H and O–H groups in total. The van der Waals surface area contributed by atoms with Crippen molar-refractivity contribution in [3.8, 4) is 11.5 Å². The SMILES string of the molecule is O=C(O)c1cc(-c2cc3ccccc3o2)nc2c(F)cc(Cl)cc12. The Hall–Kier alpha value is -2.92. The average molecular weight is 342 g/mol. The number of fused-ring (bicyclic) bond motifs is 2. The third-order valence-electron chi connectivity index (χ3n) is 3.74. The van der Waals surface area contributed by atoms with Gasteiger partial charge in [0.25, 0.3) is 0 Å². The van der Waals surface area contributed by atoms with Gasteiger partial charge < -0.3 is 9.52 Å². The summed E-state index contributed by atoms with van der Waals surface area (Å²) in [5.74, 6) is -1.51. The van der Waals surface area contributed by atoms with Crippen LogP contribution < -0.4 is 0 Å². The molecule has 0 saturated heterocycles. The number of hydrogen-bond donors (Lipinski definition) is 1. The van der Waals surface area contributed by atoms with Gasteiger partial charge >= 0.3 is 5.97 Å². The monoisotopic (exact) mass is 341 g/mol. The lowest BCUT2D eigenvalue weighted by molar-refractivity contribution is 0.0699. The Kier molecular flexibility index (Phi) is 3.25. The van der Waals surface area contributed by atoms with Crippen LogP contribution in [0.5, 0.6) is 0 Å². The van der Waals surface area contributed by atoms with Crippen molar-refractivity contribution in [3.63, 3.8) is 0 Å². The van der Waals surface area contributed by atoms with Crippen molar-refractivity contribution >= 4 is 39.4 Å².